The fourth-order valence-electron chi connectivity index (χ4n) is 1.11. The molecule has 2 nitrogen and oxygen atoms in total. The van der Waals surface area contributed by atoms with Crippen molar-refractivity contribution in [3.8, 4) is 11.5 Å². The van der Waals surface area contributed by atoms with E-state index < -0.39 is 0 Å². The Kier molecular flexibility index (Phi) is 8.95. The molecule has 3 heteroatoms. The van der Waals surface area contributed by atoms with Crippen LogP contribution >= 0.6 is 0 Å². The summed E-state index contributed by atoms with van der Waals surface area (Å²) in [5.74, 6) is 1.82. The Hall–Kier alpha value is -1.43. The summed E-state index contributed by atoms with van der Waals surface area (Å²) in [7, 11) is 3.32. The van der Waals surface area contributed by atoms with Gasteiger partial charge in [-0.25, -0.2) is 0 Å². The standard InChI is InChI=1S/2C7H8O.Cr/c2*1-8-7-5-3-2-4-6-7;/h2*2-6H,1H3;. The Labute approximate surface area is 113 Å². The second-order valence-corrected chi connectivity index (χ2v) is 3.03. The normalized spacial score (nSPS) is 8.12. The average Bonchev–Trinajstić information content (AvgIpc) is 2.41. The molecule has 0 aliphatic rings. The van der Waals surface area contributed by atoms with E-state index in [1.54, 1.807) is 14.2 Å². The smallest absolute Gasteiger partial charge is 0.118 e. The van der Waals surface area contributed by atoms with Gasteiger partial charge in [-0.3, -0.25) is 0 Å². The van der Waals surface area contributed by atoms with Gasteiger partial charge in [0.25, 0.3) is 0 Å². The largest absolute Gasteiger partial charge is 0.497 e. The van der Waals surface area contributed by atoms with Crippen LogP contribution < -0.4 is 9.47 Å². The number of benzene rings is 2. The second-order valence-electron chi connectivity index (χ2n) is 3.03. The Morgan fingerprint density at radius 2 is 0.882 bits per heavy atom. The molecule has 0 aromatic heterocycles. The third kappa shape index (κ3) is 6.68. The molecule has 2 aromatic rings. The first-order valence-corrected chi connectivity index (χ1v) is 5.05. The zero-order valence-corrected chi connectivity index (χ0v) is 11.3. The van der Waals surface area contributed by atoms with Gasteiger partial charge in [-0.05, 0) is 24.3 Å². The molecule has 2 aromatic carbocycles. The first-order chi connectivity index (χ1) is 7.86. The van der Waals surface area contributed by atoms with E-state index in [0.717, 1.165) is 11.5 Å². The SMILES string of the molecule is COc1ccccc1.COc1ccccc1.[Cr]. The third-order valence-corrected chi connectivity index (χ3v) is 1.96. The van der Waals surface area contributed by atoms with Gasteiger partial charge in [0, 0.05) is 17.4 Å². The van der Waals surface area contributed by atoms with E-state index >= 15 is 0 Å². The molecular weight excluding hydrogens is 252 g/mol. The molecule has 0 spiro atoms. The number of rotatable bonds is 2. The molecule has 0 aliphatic carbocycles. The van der Waals surface area contributed by atoms with E-state index in [1.165, 1.54) is 0 Å². The van der Waals surface area contributed by atoms with Gasteiger partial charge in [-0.15, -0.1) is 0 Å². The van der Waals surface area contributed by atoms with Crippen molar-refractivity contribution >= 4 is 0 Å². The quantitative estimate of drug-likeness (QED) is 0.831. The Bertz CT molecular complexity index is 336. The molecule has 0 bridgehead atoms. The summed E-state index contributed by atoms with van der Waals surface area (Å²) in [5.41, 5.74) is 0. The van der Waals surface area contributed by atoms with Crippen molar-refractivity contribution in [2.24, 2.45) is 0 Å². The average molecular weight is 268 g/mol. The minimum atomic E-state index is 0. The molecule has 0 aliphatic heterocycles. The van der Waals surface area contributed by atoms with Gasteiger partial charge in [-0.2, -0.15) is 0 Å². The van der Waals surface area contributed by atoms with Crippen molar-refractivity contribution in [2.75, 3.05) is 14.2 Å². The molecule has 0 fully saturated rings. The van der Waals surface area contributed by atoms with Gasteiger partial charge in [0.05, 0.1) is 14.2 Å². The summed E-state index contributed by atoms with van der Waals surface area (Å²) in [6, 6.07) is 19.4. The summed E-state index contributed by atoms with van der Waals surface area (Å²) in [5, 5.41) is 0. The van der Waals surface area contributed by atoms with Crippen LogP contribution in [0.25, 0.3) is 0 Å². The van der Waals surface area contributed by atoms with Gasteiger partial charge in [0.15, 0.2) is 0 Å². The van der Waals surface area contributed by atoms with Crippen molar-refractivity contribution in [2.45, 2.75) is 0 Å². The molecule has 2 rings (SSSR count). The second kappa shape index (κ2) is 9.77. The van der Waals surface area contributed by atoms with Gasteiger partial charge in [0.1, 0.15) is 11.5 Å². The van der Waals surface area contributed by atoms with Crippen LogP contribution in [0.3, 0.4) is 0 Å². The molecule has 0 heterocycles. The third-order valence-electron chi connectivity index (χ3n) is 1.96. The fourth-order valence-corrected chi connectivity index (χ4v) is 1.11. The van der Waals surface area contributed by atoms with E-state index in [1.807, 2.05) is 60.7 Å². The van der Waals surface area contributed by atoms with Gasteiger partial charge in [0.2, 0.25) is 0 Å². The van der Waals surface area contributed by atoms with Crippen LogP contribution in [0.15, 0.2) is 60.7 Å². The van der Waals surface area contributed by atoms with Crippen molar-refractivity contribution in [3.63, 3.8) is 0 Å². The molecule has 17 heavy (non-hydrogen) atoms. The van der Waals surface area contributed by atoms with Crippen LogP contribution in [0.1, 0.15) is 0 Å². The van der Waals surface area contributed by atoms with Crippen LogP contribution in [0.5, 0.6) is 11.5 Å². The molecule has 0 unspecified atom stereocenters. The van der Waals surface area contributed by atoms with Crippen LogP contribution in [-0.4, -0.2) is 14.2 Å². The summed E-state index contributed by atoms with van der Waals surface area (Å²) in [4.78, 5) is 0. The molecule has 0 amide bonds. The number of para-hydroxylation sites is 2. The minimum absolute atomic E-state index is 0. The first kappa shape index (κ1) is 15.6. The van der Waals surface area contributed by atoms with E-state index in [9.17, 15) is 0 Å². The fraction of sp³-hybridized carbons (Fsp3) is 0.143. The van der Waals surface area contributed by atoms with E-state index in [2.05, 4.69) is 0 Å². The van der Waals surface area contributed by atoms with Crippen molar-refractivity contribution < 1.29 is 26.8 Å². The predicted molar refractivity (Wildman–Crippen MR) is 66.0 cm³/mol. The molecule has 0 saturated heterocycles. The van der Waals surface area contributed by atoms with Crippen molar-refractivity contribution in [3.05, 3.63) is 60.7 Å². The topological polar surface area (TPSA) is 18.5 Å². The van der Waals surface area contributed by atoms with E-state index in [-0.39, 0.29) is 17.4 Å². The van der Waals surface area contributed by atoms with Crippen LogP contribution in [0, 0.1) is 0 Å². The number of methoxy groups -OCH3 is 2. The van der Waals surface area contributed by atoms with Crippen molar-refractivity contribution in [1.82, 2.24) is 0 Å². The molecule has 0 radical (unpaired) electrons. The summed E-state index contributed by atoms with van der Waals surface area (Å²) < 4.78 is 9.83. The monoisotopic (exact) mass is 268 g/mol. The maximum Gasteiger partial charge on any atom is 0.118 e. The number of hydrogen-bond donors (Lipinski definition) is 0. The van der Waals surface area contributed by atoms with Crippen molar-refractivity contribution in [1.29, 1.82) is 0 Å². The van der Waals surface area contributed by atoms with Gasteiger partial charge < -0.3 is 9.47 Å². The summed E-state index contributed by atoms with van der Waals surface area (Å²) in [6.07, 6.45) is 0. The van der Waals surface area contributed by atoms with E-state index in [0.29, 0.717) is 0 Å². The Balaban J connectivity index is 0.000000284. The van der Waals surface area contributed by atoms with Crippen LogP contribution in [-0.2, 0) is 17.4 Å². The molecule has 0 N–H and O–H groups in total. The molecule has 0 atom stereocenters. The van der Waals surface area contributed by atoms with Crippen LogP contribution in [0.4, 0.5) is 0 Å². The van der Waals surface area contributed by atoms with Gasteiger partial charge >= 0.3 is 0 Å². The maximum atomic E-state index is 4.91. The Morgan fingerprint density at radius 1 is 0.588 bits per heavy atom. The number of hydrogen-bond acceptors (Lipinski definition) is 2. The van der Waals surface area contributed by atoms with Gasteiger partial charge in [-0.1, -0.05) is 36.4 Å². The zero-order valence-electron chi connectivity index (χ0n) is 10.00. The summed E-state index contributed by atoms with van der Waals surface area (Å²) >= 11 is 0. The van der Waals surface area contributed by atoms with Crippen LogP contribution in [0.2, 0.25) is 0 Å². The number of ether oxygens (including phenoxy) is 2. The minimum Gasteiger partial charge on any atom is -0.497 e. The molecule has 90 valence electrons. The first-order valence-electron chi connectivity index (χ1n) is 5.05. The van der Waals surface area contributed by atoms with E-state index in [4.69, 9.17) is 9.47 Å². The zero-order chi connectivity index (χ0) is 11.6. The molecule has 0 saturated carbocycles. The summed E-state index contributed by atoms with van der Waals surface area (Å²) in [6.45, 7) is 0. The maximum absolute atomic E-state index is 4.91. The Morgan fingerprint density at radius 3 is 1.06 bits per heavy atom. The molecular formula is C14H16CrO2. The predicted octanol–water partition coefficient (Wildman–Crippen LogP) is 3.39.